The molecule has 9 heteroatoms. The monoisotopic (exact) mass is 338 g/mol. The highest BCUT2D eigenvalue weighted by Crippen LogP contribution is 2.12. The van der Waals surface area contributed by atoms with Crippen molar-refractivity contribution in [2.24, 2.45) is 0 Å². The lowest BCUT2D eigenvalue weighted by atomic mass is 10.1. The molecule has 1 fully saturated rings. The first-order valence-electron chi connectivity index (χ1n) is 7.22. The Morgan fingerprint density at radius 3 is 2.70 bits per heavy atom. The maximum absolute atomic E-state index is 11.8. The van der Waals surface area contributed by atoms with Gasteiger partial charge in [0.25, 0.3) is 5.69 Å². The van der Waals surface area contributed by atoms with E-state index in [-0.39, 0.29) is 24.1 Å². The van der Waals surface area contributed by atoms with Crippen LogP contribution in [0.2, 0.25) is 0 Å². The Kier molecular flexibility index (Phi) is 6.24. The molecule has 0 unspecified atom stereocenters. The van der Waals surface area contributed by atoms with E-state index in [2.05, 4.69) is 16.2 Å². The predicted molar refractivity (Wildman–Crippen MR) is 87.7 cm³/mol. The molecule has 0 aromatic heterocycles. The van der Waals surface area contributed by atoms with Crippen molar-refractivity contribution in [3.8, 4) is 0 Å². The molecule has 1 saturated heterocycles. The van der Waals surface area contributed by atoms with Crippen molar-refractivity contribution in [3.05, 3.63) is 39.9 Å². The topological polar surface area (TPSA) is 106 Å². The number of thiocarbonyl (C=S) groups is 1. The van der Waals surface area contributed by atoms with Crippen LogP contribution in [0.4, 0.5) is 5.69 Å². The number of carbonyl (C=O) groups is 1. The zero-order valence-electron chi connectivity index (χ0n) is 12.4. The highest BCUT2D eigenvalue weighted by atomic mass is 32.1. The van der Waals surface area contributed by atoms with E-state index >= 15 is 0 Å². The van der Waals surface area contributed by atoms with Crippen LogP contribution in [0, 0.1) is 10.1 Å². The summed E-state index contributed by atoms with van der Waals surface area (Å²) in [5.41, 5.74) is 5.76. The fourth-order valence-electron chi connectivity index (χ4n) is 2.15. The van der Waals surface area contributed by atoms with Gasteiger partial charge in [-0.1, -0.05) is 12.1 Å². The van der Waals surface area contributed by atoms with Crippen LogP contribution < -0.4 is 16.2 Å². The Balaban J connectivity index is 1.67. The molecule has 2 rings (SSSR count). The fourth-order valence-corrected chi connectivity index (χ4v) is 2.28. The van der Waals surface area contributed by atoms with Gasteiger partial charge in [0.2, 0.25) is 5.91 Å². The molecule has 0 aliphatic carbocycles. The number of amides is 1. The van der Waals surface area contributed by atoms with E-state index in [0.717, 1.165) is 19.4 Å². The largest absolute Gasteiger partial charge is 0.376 e. The third-order valence-electron chi connectivity index (χ3n) is 3.34. The maximum atomic E-state index is 11.8. The van der Waals surface area contributed by atoms with Gasteiger partial charge in [-0.15, -0.1) is 0 Å². The molecule has 0 spiro atoms. The molecular weight excluding hydrogens is 320 g/mol. The summed E-state index contributed by atoms with van der Waals surface area (Å²) in [5, 5.41) is 13.8. The standard InChI is InChI=1S/C14H18N4O4S/c19-13(8-10-3-5-11(6-4-10)18(20)21)16-17-14(23)15-9-12-2-1-7-22-12/h3-6,12H,1-2,7-9H2,(H,16,19)(H2,15,17,23)/t12-/m1/s1. The van der Waals surface area contributed by atoms with Gasteiger partial charge in [0, 0.05) is 25.3 Å². The summed E-state index contributed by atoms with van der Waals surface area (Å²) in [6, 6.07) is 5.82. The molecule has 1 heterocycles. The van der Waals surface area contributed by atoms with Gasteiger partial charge in [0.1, 0.15) is 0 Å². The number of hydrazine groups is 1. The van der Waals surface area contributed by atoms with Crippen molar-refractivity contribution in [1.82, 2.24) is 16.2 Å². The van der Waals surface area contributed by atoms with E-state index < -0.39 is 4.92 Å². The average Bonchev–Trinajstić information content (AvgIpc) is 3.05. The fraction of sp³-hybridized carbons (Fsp3) is 0.429. The zero-order valence-corrected chi connectivity index (χ0v) is 13.2. The summed E-state index contributed by atoms with van der Waals surface area (Å²) in [7, 11) is 0. The van der Waals surface area contributed by atoms with Crippen LogP contribution in [-0.2, 0) is 16.0 Å². The predicted octanol–water partition coefficient (Wildman–Crippen LogP) is 0.812. The van der Waals surface area contributed by atoms with E-state index in [1.54, 1.807) is 12.1 Å². The maximum Gasteiger partial charge on any atom is 0.269 e. The van der Waals surface area contributed by atoms with Crippen LogP contribution in [0.1, 0.15) is 18.4 Å². The highest BCUT2D eigenvalue weighted by Gasteiger charge is 2.15. The second-order valence-electron chi connectivity index (χ2n) is 5.12. The molecule has 1 amide bonds. The third-order valence-corrected chi connectivity index (χ3v) is 3.59. The number of ether oxygens (including phenoxy) is 1. The summed E-state index contributed by atoms with van der Waals surface area (Å²) in [5.74, 6) is -0.292. The van der Waals surface area contributed by atoms with Crippen molar-refractivity contribution in [1.29, 1.82) is 0 Å². The van der Waals surface area contributed by atoms with Gasteiger partial charge in [0.15, 0.2) is 5.11 Å². The minimum absolute atomic E-state index is 0.00760. The lowest BCUT2D eigenvalue weighted by Gasteiger charge is -2.14. The highest BCUT2D eigenvalue weighted by molar-refractivity contribution is 7.80. The Morgan fingerprint density at radius 2 is 2.09 bits per heavy atom. The number of non-ortho nitro benzene ring substituents is 1. The summed E-state index contributed by atoms with van der Waals surface area (Å²) < 4.78 is 5.45. The molecule has 1 aromatic rings. The Labute approximate surface area is 138 Å². The van der Waals surface area contributed by atoms with Crippen molar-refractivity contribution < 1.29 is 14.5 Å². The first kappa shape index (κ1) is 17.1. The third kappa shape index (κ3) is 5.80. The van der Waals surface area contributed by atoms with Crippen LogP contribution in [-0.4, -0.2) is 35.2 Å². The molecule has 8 nitrogen and oxygen atoms in total. The van der Waals surface area contributed by atoms with Gasteiger partial charge in [0.05, 0.1) is 17.4 Å². The average molecular weight is 338 g/mol. The lowest BCUT2D eigenvalue weighted by Crippen LogP contribution is -2.48. The Morgan fingerprint density at radius 1 is 1.35 bits per heavy atom. The Bertz CT molecular complexity index is 573. The first-order valence-corrected chi connectivity index (χ1v) is 7.63. The minimum Gasteiger partial charge on any atom is -0.376 e. The molecule has 0 bridgehead atoms. The molecule has 1 aliphatic heterocycles. The Hall–Kier alpha value is -2.26. The number of hydrogen-bond donors (Lipinski definition) is 3. The van der Waals surface area contributed by atoms with E-state index in [9.17, 15) is 14.9 Å². The molecule has 1 aromatic carbocycles. The van der Waals surface area contributed by atoms with Gasteiger partial charge in [-0.25, -0.2) is 0 Å². The van der Waals surface area contributed by atoms with Crippen LogP contribution in [0.5, 0.6) is 0 Å². The molecule has 124 valence electrons. The van der Waals surface area contributed by atoms with Crippen molar-refractivity contribution in [3.63, 3.8) is 0 Å². The van der Waals surface area contributed by atoms with Gasteiger partial charge >= 0.3 is 0 Å². The number of nitrogens with one attached hydrogen (secondary N) is 3. The molecule has 1 atom stereocenters. The summed E-state index contributed by atoms with van der Waals surface area (Å²) in [6.45, 7) is 1.38. The SMILES string of the molecule is O=C(Cc1ccc([N+](=O)[O-])cc1)NNC(=S)NC[C@H]1CCCO1. The van der Waals surface area contributed by atoms with Crippen molar-refractivity contribution in [2.75, 3.05) is 13.2 Å². The van der Waals surface area contributed by atoms with Crippen LogP contribution in [0.25, 0.3) is 0 Å². The van der Waals surface area contributed by atoms with Crippen molar-refractivity contribution in [2.45, 2.75) is 25.4 Å². The normalized spacial score (nSPS) is 16.6. The molecular formula is C14H18N4O4S. The van der Waals surface area contributed by atoms with E-state index in [0.29, 0.717) is 17.2 Å². The molecule has 1 aliphatic rings. The number of carbonyl (C=O) groups excluding carboxylic acids is 1. The second-order valence-corrected chi connectivity index (χ2v) is 5.53. The first-order chi connectivity index (χ1) is 11.0. The number of benzene rings is 1. The molecule has 0 radical (unpaired) electrons. The number of hydrogen-bond acceptors (Lipinski definition) is 5. The number of nitro benzene ring substituents is 1. The smallest absolute Gasteiger partial charge is 0.269 e. The van der Waals surface area contributed by atoms with E-state index in [1.807, 2.05) is 0 Å². The summed E-state index contributed by atoms with van der Waals surface area (Å²) >= 11 is 5.05. The van der Waals surface area contributed by atoms with Crippen LogP contribution in [0.3, 0.4) is 0 Å². The van der Waals surface area contributed by atoms with Gasteiger partial charge in [-0.05, 0) is 30.6 Å². The van der Waals surface area contributed by atoms with Gasteiger partial charge < -0.3 is 10.1 Å². The van der Waals surface area contributed by atoms with Crippen molar-refractivity contribution >= 4 is 28.9 Å². The van der Waals surface area contributed by atoms with Gasteiger partial charge in [-0.3, -0.25) is 25.8 Å². The van der Waals surface area contributed by atoms with E-state index in [4.69, 9.17) is 17.0 Å². The summed E-state index contributed by atoms with van der Waals surface area (Å²) in [6.07, 6.45) is 2.31. The molecule has 0 saturated carbocycles. The van der Waals surface area contributed by atoms with Gasteiger partial charge in [-0.2, -0.15) is 0 Å². The van der Waals surface area contributed by atoms with E-state index in [1.165, 1.54) is 12.1 Å². The number of nitrogens with zero attached hydrogens (tertiary/aromatic N) is 1. The van der Waals surface area contributed by atoms with Crippen LogP contribution in [0.15, 0.2) is 24.3 Å². The zero-order chi connectivity index (χ0) is 16.7. The summed E-state index contributed by atoms with van der Waals surface area (Å²) in [4.78, 5) is 21.8. The molecule has 3 N–H and O–H groups in total. The molecule has 23 heavy (non-hydrogen) atoms. The quantitative estimate of drug-likeness (QED) is 0.414. The second kappa shape index (κ2) is 8.39. The van der Waals surface area contributed by atoms with Crippen LogP contribution >= 0.6 is 12.2 Å². The number of rotatable bonds is 5. The minimum atomic E-state index is -0.483. The number of nitro groups is 1. The lowest BCUT2D eigenvalue weighted by molar-refractivity contribution is -0.384.